The average molecular weight is 371 g/mol. The molecule has 146 valence electrons. The van der Waals surface area contributed by atoms with Crippen LogP contribution in [0.1, 0.15) is 32.1 Å². The lowest BCUT2D eigenvalue weighted by Crippen LogP contribution is -2.75. The van der Waals surface area contributed by atoms with Gasteiger partial charge in [-0.3, -0.25) is 14.5 Å². The zero-order valence-corrected chi connectivity index (χ0v) is 16.3. The molecule has 1 atom stereocenters. The van der Waals surface area contributed by atoms with E-state index in [-0.39, 0.29) is 17.9 Å². The number of carbonyl (C=O) groups excluding carboxylic acids is 2. The molecule has 0 radical (unpaired) electrons. The molecule has 2 heterocycles. The van der Waals surface area contributed by atoms with Gasteiger partial charge in [0.2, 0.25) is 11.8 Å². The number of likely N-dealkylation sites (N-methyl/N-ethyl adjacent to an activating group) is 1. The summed E-state index contributed by atoms with van der Waals surface area (Å²) in [4.78, 5) is 32.7. The van der Waals surface area contributed by atoms with Crippen LogP contribution in [0.2, 0.25) is 0 Å². The van der Waals surface area contributed by atoms with Crippen LogP contribution in [-0.4, -0.2) is 68.0 Å². The van der Waals surface area contributed by atoms with E-state index >= 15 is 0 Å². The Bertz CT molecular complexity index is 704. The fourth-order valence-corrected chi connectivity index (χ4v) is 4.88. The van der Waals surface area contributed by atoms with Gasteiger partial charge in [-0.05, 0) is 44.2 Å². The van der Waals surface area contributed by atoms with Gasteiger partial charge in [0.1, 0.15) is 11.8 Å². The van der Waals surface area contributed by atoms with Gasteiger partial charge in [-0.25, -0.2) is 0 Å². The number of hydrogen-bond donors (Lipinski definition) is 0. The summed E-state index contributed by atoms with van der Waals surface area (Å²) in [5, 5.41) is 0. The third kappa shape index (κ3) is 3.00. The topological polar surface area (TPSA) is 53.1 Å². The molecule has 1 aromatic carbocycles. The van der Waals surface area contributed by atoms with Gasteiger partial charge >= 0.3 is 0 Å². The normalized spacial score (nSPS) is 25.4. The van der Waals surface area contributed by atoms with E-state index in [0.717, 1.165) is 69.7 Å². The van der Waals surface area contributed by atoms with E-state index < -0.39 is 5.41 Å². The lowest BCUT2D eigenvalue weighted by Gasteiger charge is -2.57. The number of ether oxygens (including phenoxy) is 1. The Hall–Kier alpha value is -2.08. The monoisotopic (exact) mass is 371 g/mol. The first-order valence-corrected chi connectivity index (χ1v) is 10.0. The molecule has 1 aliphatic carbocycles. The summed E-state index contributed by atoms with van der Waals surface area (Å²) in [6.07, 6.45) is 4.90. The Balaban J connectivity index is 1.63. The van der Waals surface area contributed by atoms with Gasteiger partial charge in [-0.1, -0.05) is 19.3 Å². The van der Waals surface area contributed by atoms with Crippen molar-refractivity contribution in [2.75, 3.05) is 45.2 Å². The predicted octanol–water partition coefficient (Wildman–Crippen LogP) is 2.13. The Morgan fingerprint density at radius 3 is 2.26 bits per heavy atom. The highest BCUT2D eigenvalue weighted by Gasteiger charge is 2.64. The second kappa shape index (κ2) is 7.15. The maximum absolute atomic E-state index is 13.5. The number of rotatable bonds is 3. The molecule has 0 bridgehead atoms. The minimum Gasteiger partial charge on any atom is -0.497 e. The second-order valence-electron chi connectivity index (χ2n) is 8.12. The van der Waals surface area contributed by atoms with E-state index in [0.29, 0.717) is 0 Å². The predicted molar refractivity (Wildman–Crippen MR) is 104 cm³/mol. The maximum atomic E-state index is 13.5. The number of methoxy groups -OCH3 is 1. The van der Waals surface area contributed by atoms with Gasteiger partial charge in [0.05, 0.1) is 12.5 Å². The highest BCUT2D eigenvalue weighted by molar-refractivity contribution is 6.14. The van der Waals surface area contributed by atoms with Gasteiger partial charge in [-0.15, -0.1) is 0 Å². The van der Waals surface area contributed by atoms with Crippen molar-refractivity contribution in [3.8, 4) is 5.75 Å². The maximum Gasteiger partial charge on any atom is 0.246 e. The van der Waals surface area contributed by atoms with E-state index in [1.54, 1.807) is 12.0 Å². The van der Waals surface area contributed by atoms with Crippen molar-refractivity contribution in [2.24, 2.45) is 5.41 Å². The van der Waals surface area contributed by atoms with Crippen molar-refractivity contribution in [3.05, 3.63) is 24.3 Å². The number of hydrogen-bond acceptors (Lipinski definition) is 4. The summed E-state index contributed by atoms with van der Waals surface area (Å²) in [6, 6.07) is 7.12. The standard InChI is InChI=1S/C21H29N3O3/c1-22-12-14-23(15-13-22)19(25)18-21(10-4-3-5-11-21)20(26)24(18)16-6-8-17(27-2)9-7-16/h6-9,18H,3-5,10-15H2,1-2H3. The van der Waals surface area contributed by atoms with Crippen molar-refractivity contribution < 1.29 is 14.3 Å². The molecule has 6 heteroatoms. The lowest BCUT2D eigenvalue weighted by molar-refractivity contribution is -0.156. The smallest absolute Gasteiger partial charge is 0.246 e. The molecule has 0 aromatic heterocycles. The molecule has 2 saturated heterocycles. The van der Waals surface area contributed by atoms with Crippen molar-refractivity contribution >= 4 is 17.5 Å². The molecular formula is C21H29N3O3. The van der Waals surface area contributed by atoms with Gasteiger partial charge in [-0.2, -0.15) is 0 Å². The Morgan fingerprint density at radius 1 is 1.04 bits per heavy atom. The molecule has 4 rings (SSSR count). The largest absolute Gasteiger partial charge is 0.497 e. The molecule has 0 N–H and O–H groups in total. The quantitative estimate of drug-likeness (QED) is 0.764. The number of benzene rings is 1. The van der Waals surface area contributed by atoms with Gasteiger partial charge < -0.3 is 14.5 Å². The average Bonchev–Trinajstić information content (AvgIpc) is 2.72. The molecule has 3 fully saturated rings. The first-order valence-electron chi connectivity index (χ1n) is 10.0. The third-order valence-electron chi connectivity index (χ3n) is 6.57. The van der Waals surface area contributed by atoms with Crippen LogP contribution in [0.25, 0.3) is 0 Å². The van der Waals surface area contributed by atoms with E-state index in [1.807, 2.05) is 29.2 Å². The summed E-state index contributed by atoms with van der Waals surface area (Å²) in [6.45, 7) is 3.27. The fourth-order valence-electron chi connectivity index (χ4n) is 4.88. The van der Waals surface area contributed by atoms with Crippen LogP contribution in [0, 0.1) is 5.41 Å². The van der Waals surface area contributed by atoms with Crippen molar-refractivity contribution in [1.82, 2.24) is 9.80 Å². The molecule has 2 aliphatic heterocycles. The number of amides is 2. The highest BCUT2D eigenvalue weighted by Crippen LogP contribution is 2.52. The molecular weight excluding hydrogens is 342 g/mol. The number of carbonyl (C=O) groups is 2. The van der Waals surface area contributed by atoms with Crippen molar-refractivity contribution in [3.63, 3.8) is 0 Å². The van der Waals surface area contributed by atoms with Crippen LogP contribution in [-0.2, 0) is 9.59 Å². The Kier molecular flexibility index (Phi) is 4.84. The third-order valence-corrected chi connectivity index (χ3v) is 6.57. The number of piperazine rings is 1. The van der Waals surface area contributed by atoms with Crippen LogP contribution in [0.3, 0.4) is 0 Å². The SMILES string of the molecule is COc1ccc(N2C(=O)C3(CCCCC3)C2C(=O)N2CCN(C)CC2)cc1. The Morgan fingerprint density at radius 2 is 1.67 bits per heavy atom. The molecule has 1 saturated carbocycles. The zero-order chi connectivity index (χ0) is 19.0. The molecule has 2 amide bonds. The first kappa shape index (κ1) is 18.3. The first-order chi connectivity index (χ1) is 13.1. The van der Waals surface area contributed by atoms with Gasteiger partial charge in [0, 0.05) is 31.9 Å². The summed E-state index contributed by atoms with van der Waals surface area (Å²) in [7, 11) is 3.71. The van der Waals surface area contributed by atoms with E-state index in [9.17, 15) is 9.59 Å². The Labute approximate surface area is 161 Å². The van der Waals surface area contributed by atoms with Gasteiger partial charge in [0.15, 0.2) is 0 Å². The summed E-state index contributed by atoms with van der Waals surface area (Å²) in [5.74, 6) is 1.00. The second-order valence-corrected chi connectivity index (χ2v) is 8.12. The number of nitrogens with zero attached hydrogens (tertiary/aromatic N) is 3. The fraction of sp³-hybridized carbons (Fsp3) is 0.619. The summed E-state index contributed by atoms with van der Waals surface area (Å²) >= 11 is 0. The highest BCUT2D eigenvalue weighted by atomic mass is 16.5. The molecule has 1 spiro atoms. The van der Waals surface area contributed by atoms with Crippen LogP contribution < -0.4 is 9.64 Å². The summed E-state index contributed by atoms with van der Waals surface area (Å²) < 4.78 is 5.23. The van der Waals surface area contributed by atoms with Crippen LogP contribution in [0.4, 0.5) is 5.69 Å². The minimum atomic E-state index is -0.487. The lowest BCUT2D eigenvalue weighted by atomic mass is 9.61. The minimum absolute atomic E-state index is 0.125. The van der Waals surface area contributed by atoms with Crippen molar-refractivity contribution in [2.45, 2.75) is 38.1 Å². The van der Waals surface area contributed by atoms with Crippen molar-refractivity contribution in [1.29, 1.82) is 0 Å². The summed E-state index contributed by atoms with van der Waals surface area (Å²) in [5.41, 5.74) is 0.308. The van der Waals surface area contributed by atoms with Crippen LogP contribution in [0.15, 0.2) is 24.3 Å². The van der Waals surface area contributed by atoms with E-state index in [4.69, 9.17) is 4.74 Å². The van der Waals surface area contributed by atoms with Gasteiger partial charge in [0.25, 0.3) is 0 Å². The zero-order valence-electron chi connectivity index (χ0n) is 16.3. The van der Waals surface area contributed by atoms with E-state index in [1.165, 1.54) is 0 Å². The molecule has 6 nitrogen and oxygen atoms in total. The number of anilines is 1. The number of β-lactam (4-membered cyclic amide) rings is 1. The molecule has 1 unspecified atom stereocenters. The van der Waals surface area contributed by atoms with Crippen LogP contribution >= 0.6 is 0 Å². The molecule has 1 aromatic rings. The van der Waals surface area contributed by atoms with Crippen LogP contribution in [0.5, 0.6) is 5.75 Å². The molecule has 3 aliphatic rings. The van der Waals surface area contributed by atoms with E-state index in [2.05, 4.69) is 11.9 Å². The molecule has 27 heavy (non-hydrogen) atoms.